The SMILES string of the molecule is CCCCSc1cc(NC)nc(C(C)(C)C)n1. The molecule has 0 bridgehead atoms. The molecule has 0 aliphatic heterocycles. The minimum Gasteiger partial charge on any atom is -0.373 e. The predicted molar refractivity (Wildman–Crippen MR) is 75.9 cm³/mol. The van der Waals surface area contributed by atoms with Crippen molar-refractivity contribution in [1.29, 1.82) is 0 Å². The molecule has 1 aromatic heterocycles. The molecule has 0 saturated heterocycles. The van der Waals surface area contributed by atoms with Crippen molar-refractivity contribution in [2.45, 2.75) is 51.0 Å². The van der Waals surface area contributed by atoms with E-state index in [1.54, 1.807) is 0 Å². The van der Waals surface area contributed by atoms with Crippen LogP contribution in [0.25, 0.3) is 0 Å². The number of unbranched alkanes of at least 4 members (excludes halogenated alkanes) is 1. The first kappa shape index (κ1) is 14.3. The number of rotatable bonds is 5. The van der Waals surface area contributed by atoms with E-state index in [0.717, 1.165) is 22.4 Å². The van der Waals surface area contributed by atoms with Crippen LogP contribution in [-0.4, -0.2) is 22.8 Å². The number of nitrogens with one attached hydrogen (secondary N) is 1. The Morgan fingerprint density at radius 2 is 2.00 bits per heavy atom. The Kier molecular flexibility index (Phi) is 5.25. The molecule has 0 unspecified atom stereocenters. The molecule has 1 rings (SSSR count). The predicted octanol–water partition coefficient (Wildman–Crippen LogP) is 3.71. The summed E-state index contributed by atoms with van der Waals surface area (Å²) in [4.78, 5) is 9.15. The van der Waals surface area contributed by atoms with Gasteiger partial charge in [0.05, 0.1) is 0 Å². The third-order valence-corrected chi connectivity index (χ3v) is 3.38. The summed E-state index contributed by atoms with van der Waals surface area (Å²) >= 11 is 1.81. The molecule has 1 N–H and O–H groups in total. The van der Waals surface area contributed by atoms with Gasteiger partial charge in [0, 0.05) is 18.5 Å². The van der Waals surface area contributed by atoms with Crippen LogP contribution in [0.3, 0.4) is 0 Å². The molecule has 1 aromatic rings. The minimum atomic E-state index is -0.00702. The summed E-state index contributed by atoms with van der Waals surface area (Å²) in [5.74, 6) is 2.94. The number of anilines is 1. The summed E-state index contributed by atoms with van der Waals surface area (Å²) < 4.78 is 0. The zero-order chi connectivity index (χ0) is 12.9. The van der Waals surface area contributed by atoms with Crippen molar-refractivity contribution in [2.75, 3.05) is 18.1 Å². The highest BCUT2D eigenvalue weighted by Gasteiger charge is 2.18. The van der Waals surface area contributed by atoms with Crippen LogP contribution in [-0.2, 0) is 5.41 Å². The highest BCUT2D eigenvalue weighted by molar-refractivity contribution is 7.99. The van der Waals surface area contributed by atoms with Crippen LogP contribution in [0.4, 0.5) is 5.82 Å². The Bertz CT molecular complexity index is 358. The van der Waals surface area contributed by atoms with Crippen LogP contribution in [0.2, 0.25) is 0 Å². The molecule has 4 heteroatoms. The van der Waals surface area contributed by atoms with Crippen LogP contribution in [0.1, 0.15) is 46.4 Å². The average Bonchev–Trinajstić information content (AvgIpc) is 2.28. The lowest BCUT2D eigenvalue weighted by Crippen LogP contribution is -2.17. The zero-order valence-corrected chi connectivity index (χ0v) is 12.3. The molecule has 0 aliphatic carbocycles. The Balaban J connectivity index is 2.89. The van der Waals surface area contributed by atoms with Gasteiger partial charge in [0.2, 0.25) is 0 Å². The molecule has 0 spiro atoms. The first-order valence-electron chi connectivity index (χ1n) is 6.17. The van der Waals surface area contributed by atoms with Crippen molar-refractivity contribution < 1.29 is 0 Å². The first-order chi connectivity index (χ1) is 7.97. The van der Waals surface area contributed by atoms with Gasteiger partial charge in [0.25, 0.3) is 0 Å². The molecule has 0 aromatic carbocycles. The maximum Gasteiger partial charge on any atom is 0.137 e. The normalized spacial score (nSPS) is 11.6. The summed E-state index contributed by atoms with van der Waals surface area (Å²) in [6.45, 7) is 8.63. The van der Waals surface area contributed by atoms with E-state index in [-0.39, 0.29) is 5.41 Å². The lowest BCUT2D eigenvalue weighted by molar-refractivity contribution is 0.539. The van der Waals surface area contributed by atoms with Gasteiger partial charge in [-0.15, -0.1) is 11.8 Å². The smallest absolute Gasteiger partial charge is 0.137 e. The summed E-state index contributed by atoms with van der Waals surface area (Å²) in [6.07, 6.45) is 2.46. The van der Waals surface area contributed by atoms with Crippen molar-refractivity contribution in [2.24, 2.45) is 0 Å². The molecule has 1 heterocycles. The Hall–Kier alpha value is -0.770. The van der Waals surface area contributed by atoms with E-state index in [4.69, 9.17) is 0 Å². The third-order valence-electron chi connectivity index (χ3n) is 2.38. The second-order valence-electron chi connectivity index (χ2n) is 5.12. The van der Waals surface area contributed by atoms with Gasteiger partial charge in [-0.1, -0.05) is 34.1 Å². The fourth-order valence-corrected chi connectivity index (χ4v) is 2.27. The van der Waals surface area contributed by atoms with Crippen molar-refractivity contribution in [3.05, 3.63) is 11.9 Å². The van der Waals surface area contributed by atoms with Gasteiger partial charge in [-0.25, -0.2) is 9.97 Å². The standard InChI is InChI=1S/C13H23N3S/c1-6-7-8-17-11-9-10(14-5)15-12(16-11)13(2,3)4/h9H,6-8H2,1-5H3,(H,14,15,16). The van der Waals surface area contributed by atoms with Crippen molar-refractivity contribution >= 4 is 17.6 Å². The molecule has 0 radical (unpaired) electrons. The molecular formula is C13H23N3S. The van der Waals surface area contributed by atoms with Gasteiger partial charge >= 0.3 is 0 Å². The monoisotopic (exact) mass is 253 g/mol. The largest absolute Gasteiger partial charge is 0.373 e. The van der Waals surface area contributed by atoms with Gasteiger partial charge in [0.1, 0.15) is 16.7 Å². The van der Waals surface area contributed by atoms with Crippen LogP contribution in [0, 0.1) is 0 Å². The fourth-order valence-electron chi connectivity index (χ4n) is 1.28. The number of aromatic nitrogens is 2. The topological polar surface area (TPSA) is 37.8 Å². The average molecular weight is 253 g/mol. The van der Waals surface area contributed by atoms with E-state index in [0.29, 0.717) is 0 Å². The van der Waals surface area contributed by atoms with Crippen molar-refractivity contribution in [3.63, 3.8) is 0 Å². The van der Waals surface area contributed by atoms with Gasteiger partial charge in [-0.05, 0) is 12.2 Å². The van der Waals surface area contributed by atoms with E-state index in [1.165, 1.54) is 12.8 Å². The van der Waals surface area contributed by atoms with E-state index in [9.17, 15) is 0 Å². The van der Waals surface area contributed by atoms with Crippen molar-refractivity contribution in [3.8, 4) is 0 Å². The van der Waals surface area contributed by atoms with Crippen LogP contribution >= 0.6 is 11.8 Å². The molecule has 17 heavy (non-hydrogen) atoms. The molecular weight excluding hydrogens is 230 g/mol. The summed E-state index contributed by atoms with van der Waals surface area (Å²) in [6, 6.07) is 2.02. The Labute approximate surface area is 109 Å². The molecule has 0 atom stereocenters. The highest BCUT2D eigenvalue weighted by Crippen LogP contribution is 2.25. The number of thioether (sulfide) groups is 1. The third kappa shape index (κ3) is 4.54. The lowest BCUT2D eigenvalue weighted by Gasteiger charge is -2.18. The van der Waals surface area contributed by atoms with Gasteiger partial charge in [0.15, 0.2) is 0 Å². The molecule has 96 valence electrons. The summed E-state index contributed by atoms with van der Waals surface area (Å²) in [5.41, 5.74) is -0.00702. The van der Waals surface area contributed by atoms with E-state index < -0.39 is 0 Å². The second kappa shape index (κ2) is 6.24. The van der Waals surface area contributed by atoms with Gasteiger partial charge < -0.3 is 5.32 Å². The van der Waals surface area contributed by atoms with Crippen LogP contribution in [0.5, 0.6) is 0 Å². The number of hydrogen-bond donors (Lipinski definition) is 1. The first-order valence-corrected chi connectivity index (χ1v) is 7.16. The fraction of sp³-hybridized carbons (Fsp3) is 0.692. The van der Waals surface area contributed by atoms with Crippen molar-refractivity contribution in [1.82, 2.24) is 9.97 Å². The highest BCUT2D eigenvalue weighted by atomic mass is 32.2. The van der Waals surface area contributed by atoms with E-state index >= 15 is 0 Å². The van der Waals surface area contributed by atoms with Gasteiger partial charge in [-0.2, -0.15) is 0 Å². The summed E-state index contributed by atoms with van der Waals surface area (Å²) in [5, 5.41) is 4.18. The zero-order valence-electron chi connectivity index (χ0n) is 11.5. The molecule has 0 aliphatic rings. The number of hydrogen-bond acceptors (Lipinski definition) is 4. The van der Waals surface area contributed by atoms with E-state index in [1.807, 2.05) is 24.9 Å². The quantitative estimate of drug-likeness (QED) is 0.493. The molecule has 3 nitrogen and oxygen atoms in total. The maximum absolute atomic E-state index is 4.64. The van der Waals surface area contributed by atoms with Crippen LogP contribution in [0.15, 0.2) is 11.1 Å². The van der Waals surface area contributed by atoms with E-state index in [2.05, 4.69) is 43.0 Å². The van der Waals surface area contributed by atoms with Gasteiger partial charge in [-0.3, -0.25) is 0 Å². The lowest BCUT2D eigenvalue weighted by atomic mass is 9.96. The number of nitrogens with zero attached hydrogens (tertiary/aromatic N) is 2. The second-order valence-corrected chi connectivity index (χ2v) is 6.23. The Morgan fingerprint density at radius 1 is 1.29 bits per heavy atom. The summed E-state index contributed by atoms with van der Waals surface area (Å²) in [7, 11) is 1.90. The van der Waals surface area contributed by atoms with Crippen LogP contribution < -0.4 is 5.32 Å². The minimum absolute atomic E-state index is 0.00702. The molecule has 0 amide bonds. The maximum atomic E-state index is 4.64. The molecule has 0 saturated carbocycles. The molecule has 0 fully saturated rings. The Morgan fingerprint density at radius 3 is 2.53 bits per heavy atom.